The van der Waals surface area contributed by atoms with E-state index in [0.29, 0.717) is 19.4 Å². The van der Waals surface area contributed by atoms with Crippen LogP contribution >= 0.6 is 0 Å². The van der Waals surface area contributed by atoms with Gasteiger partial charge in [0, 0.05) is 6.26 Å². The first-order chi connectivity index (χ1) is 8.37. The van der Waals surface area contributed by atoms with Gasteiger partial charge in [0.2, 0.25) is 0 Å². The van der Waals surface area contributed by atoms with Gasteiger partial charge in [0.25, 0.3) is 0 Å². The molecule has 0 aliphatic carbocycles. The van der Waals surface area contributed by atoms with Gasteiger partial charge in [-0.25, -0.2) is 8.42 Å². The van der Waals surface area contributed by atoms with Crippen molar-refractivity contribution < 1.29 is 18.3 Å². The number of hydrogen-bond donors (Lipinski definition) is 1. The fourth-order valence-electron chi connectivity index (χ4n) is 1.57. The molecule has 18 heavy (non-hydrogen) atoms. The second kappa shape index (κ2) is 6.75. The molecule has 0 spiro atoms. The highest BCUT2D eigenvalue weighted by molar-refractivity contribution is 7.90. The lowest BCUT2D eigenvalue weighted by atomic mass is 10.1. The van der Waals surface area contributed by atoms with E-state index in [0.717, 1.165) is 11.3 Å². The highest BCUT2D eigenvalue weighted by atomic mass is 32.2. The maximum atomic E-state index is 10.9. The Bertz CT molecular complexity index is 448. The summed E-state index contributed by atoms with van der Waals surface area (Å²) in [7, 11) is -2.91. The lowest BCUT2D eigenvalue weighted by molar-refractivity contribution is 0.195. The number of rotatable bonds is 7. The maximum Gasteiger partial charge on any atom is 0.147 e. The largest absolute Gasteiger partial charge is 0.494 e. The van der Waals surface area contributed by atoms with Crippen LogP contribution in [0.15, 0.2) is 24.3 Å². The van der Waals surface area contributed by atoms with Crippen LogP contribution in [0.25, 0.3) is 0 Å². The van der Waals surface area contributed by atoms with Crippen LogP contribution in [-0.4, -0.2) is 38.2 Å². The fourth-order valence-corrected chi connectivity index (χ4v) is 2.22. The van der Waals surface area contributed by atoms with Gasteiger partial charge in [-0.15, -0.1) is 0 Å². The Kier molecular flexibility index (Phi) is 5.62. The first-order valence-electron chi connectivity index (χ1n) is 5.94. The summed E-state index contributed by atoms with van der Waals surface area (Å²) >= 11 is 0. The van der Waals surface area contributed by atoms with E-state index in [-0.39, 0.29) is 11.9 Å². The zero-order valence-electron chi connectivity index (χ0n) is 10.8. The summed E-state index contributed by atoms with van der Waals surface area (Å²) in [4.78, 5) is 0. The van der Waals surface area contributed by atoms with Crippen LogP contribution < -0.4 is 4.74 Å². The molecule has 1 aromatic carbocycles. The number of aliphatic hydroxyl groups is 1. The number of ether oxygens (including phenoxy) is 1. The predicted molar refractivity (Wildman–Crippen MR) is 71.6 cm³/mol. The van der Waals surface area contributed by atoms with Gasteiger partial charge in [0.15, 0.2) is 0 Å². The van der Waals surface area contributed by atoms with Crippen molar-refractivity contribution in [3.8, 4) is 5.75 Å². The molecule has 0 aliphatic heterocycles. The third kappa shape index (κ3) is 6.61. The van der Waals surface area contributed by atoms with Crippen LogP contribution in [-0.2, 0) is 16.3 Å². The topological polar surface area (TPSA) is 63.6 Å². The van der Waals surface area contributed by atoms with Crippen LogP contribution in [0.3, 0.4) is 0 Å². The second-order valence-electron chi connectivity index (χ2n) is 4.53. The van der Waals surface area contributed by atoms with Gasteiger partial charge in [0.05, 0.1) is 18.5 Å². The average molecular weight is 272 g/mol. The molecule has 0 heterocycles. The van der Waals surface area contributed by atoms with Crippen molar-refractivity contribution in [3.63, 3.8) is 0 Å². The van der Waals surface area contributed by atoms with E-state index in [9.17, 15) is 13.5 Å². The van der Waals surface area contributed by atoms with Crippen molar-refractivity contribution >= 4 is 9.84 Å². The van der Waals surface area contributed by atoms with E-state index in [1.165, 1.54) is 6.26 Å². The van der Waals surface area contributed by atoms with Crippen molar-refractivity contribution in [1.29, 1.82) is 0 Å². The van der Waals surface area contributed by atoms with Gasteiger partial charge in [-0.1, -0.05) is 12.1 Å². The molecule has 102 valence electrons. The van der Waals surface area contributed by atoms with E-state index in [2.05, 4.69) is 0 Å². The molecule has 0 amide bonds. The van der Waals surface area contributed by atoms with Gasteiger partial charge in [-0.05, 0) is 37.5 Å². The number of benzene rings is 1. The first-order valence-corrected chi connectivity index (χ1v) is 8.00. The Morgan fingerprint density at radius 2 is 1.89 bits per heavy atom. The van der Waals surface area contributed by atoms with E-state index in [1.54, 1.807) is 6.92 Å². The van der Waals surface area contributed by atoms with Crippen LogP contribution in [0.4, 0.5) is 0 Å². The van der Waals surface area contributed by atoms with Crippen LogP contribution in [0, 0.1) is 0 Å². The van der Waals surface area contributed by atoms with Crippen LogP contribution in [0.1, 0.15) is 18.9 Å². The van der Waals surface area contributed by atoms with E-state index < -0.39 is 9.84 Å². The zero-order valence-corrected chi connectivity index (χ0v) is 11.6. The second-order valence-corrected chi connectivity index (χ2v) is 6.79. The molecule has 0 bridgehead atoms. The van der Waals surface area contributed by atoms with Gasteiger partial charge in [0.1, 0.15) is 15.6 Å². The molecule has 0 fully saturated rings. The molecule has 1 N–H and O–H groups in total. The summed E-state index contributed by atoms with van der Waals surface area (Å²) in [5.74, 6) is 0.866. The molecule has 0 saturated carbocycles. The Balaban J connectivity index is 2.35. The van der Waals surface area contributed by atoms with Gasteiger partial charge < -0.3 is 9.84 Å². The van der Waals surface area contributed by atoms with Crippen molar-refractivity contribution in [3.05, 3.63) is 29.8 Å². The molecule has 4 nitrogen and oxygen atoms in total. The molecule has 1 rings (SSSR count). The Morgan fingerprint density at radius 1 is 1.28 bits per heavy atom. The summed E-state index contributed by atoms with van der Waals surface area (Å²) in [5.41, 5.74) is 1.05. The molecule has 0 saturated heterocycles. The van der Waals surface area contributed by atoms with Crippen molar-refractivity contribution in [2.45, 2.75) is 25.9 Å². The average Bonchev–Trinajstić information content (AvgIpc) is 2.24. The normalized spacial score (nSPS) is 13.3. The molecular weight excluding hydrogens is 252 g/mol. The summed E-state index contributed by atoms with van der Waals surface area (Å²) in [5, 5.41) is 9.24. The molecule has 0 aliphatic rings. The molecule has 0 radical (unpaired) electrons. The highest BCUT2D eigenvalue weighted by Gasteiger charge is 2.02. The minimum atomic E-state index is -2.91. The fraction of sp³-hybridized carbons (Fsp3) is 0.538. The van der Waals surface area contributed by atoms with Gasteiger partial charge >= 0.3 is 0 Å². The molecule has 5 heteroatoms. The lowest BCUT2D eigenvalue weighted by Gasteiger charge is -2.08. The number of hydrogen-bond acceptors (Lipinski definition) is 4. The smallest absolute Gasteiger partial charge is 0.147 e. The molecular formula is C13H20O4S. The van der Waals surface area contributed by atoms with E-state index >= 15 is 0 Å². The van der Waals surface area contributed by atoms with Crippen LogP contribution in [0.5, 0.6) is 5.75 Å². The minimum absolute atomic E-state index is 0.146. The first kappa shape index (κ1) is 15.0. The monoisotopic (exact) mass is 272 g/mol. The van der Waals surface area contributed by atoms with Crippen molar-refractivity contribution in [2.75, 3.05) is 18.6 Å². The number of sulfone groups is 1. The predicted octanol–water partition coefficient (Wildman–Crippen LogP) is 1.42. The number of aliphatic hydroxyl groups excluding tert-OH is 1. The standard InChI is InChI=1S/C13H20O4S/c1-11(14)10-12-4-6-13(7-5-12)17-8-3-9-18(2,15)16/h4-7,11,14H,3,8-10H2,1-2H3. The summed E-state index contributed by atoms with van der Waals surface area (Å²) in [6.07, 6.45) is 1.98. The lowest BCUT2D eigenvalue weighted by Crippen LogP contribution is -2.08. The molecule has 1 unspecified atom stereocenters. The van der Waals surface area contributed by atoms with Crippen LogP contribution in [0.2, 0.25) is 0 Å². The summed E-state index contributed by atoms with van der Waals surface area (Å²) in [6, 6.07) is 7.47. The Hall–Kier alpha value is -1.07. The third-order valence-electron chi connectivity index (χ3n) is 2.38. The summed E-state index contributed by atoms with van der Waals surface area (Å²) < 4.78 is 27.3. The third-order valence-corrected chi connectivity index (χ3v) is 3.41. The van der Waals surface area contributed by atoms with E-state index in [1.807, 2.05) is 24.3 Å². The Labute approximate surface area is 109 Å². The quantitative estimate of drug-likeness (QED) is 0.763. The SMILES string of the molecule is CC(O)Cc1ccc(OCCCS(C)(=O)=O)cc1. The molecule has 0 aromatic heterocycles. The van der Waals surface area contributed by atoms with Gasteiger partial charge in [-0.2, -0.15) is 0 Å². The van der Waals surface area contributed by atoms with Gasteiger partial charge in [-0.3, -0.25) is 0 Å². The van der Waals surface area contributed by atoms with Crippen molar-refractivity contribution in [2.24, 2.45) is 0 Å². The maximum absolute atomic E-state index is 10.9. The Morgan fingerprint density at radius 3 is 2.39 bits per heavy atom. The highest BCUT2D eigenvalue weighted by Crippen LogP contribution is 2.13. The zero-order chi connectivity index (χ0) is 13.6. The minimum Gasteiger partial charge on any atom is -0.494 e. The molecule has 1 atom stereocenters. The van der Waals surface area contributed by atoms with Crippen molar-refractivity contribution in [1.82, 2.24) is 0 Å². The van der Waals surface area contributed by atoms with E-state index in [4.69, 9.17) is 4.74 Å². The summed E-state index contributed by atoms with van der Waals surface area (Å²) in [6.45, 7) is 2.14. The molecule has 1 aromatic rings.